The molecule has 4 rings (SSSR count). The van der Waals surface area contributed by atoms with Crippen molar-refractivity contribution in [1.82, 2.24) is 24.7 Å². The van der Waals surface area contributed by atoms with E-state index < -0.39 is 29.3 Å². The third kappa shape index (κ3) is 6.45. The first-order chi connectivity index (χ1) is 17.6. The van der Waals surface area contributed by atoms with Crippen molar-refractivity contribution >= 4 is 17.5 Å². The van der Waals surface area contributed by atoms with Gasteiger partial charge in [0.1, 0.15) is 17.6 Å². The number of aliphatic carboxylic acids is 1. The van der Waals surface area contributed by atoms with Crippen molar-refractivity contribution in [3.63, 3.8) is 0 Å². The second kappa shape index (κ2) is 11.4. The fourth-order valence-corrected chi connectivity index (χ4v) is 3.14. The molecular formula is C23H23FN8O5. The number of nitrogens with one attached hydrogen (secondary N) is 3. The lowest BCUT2D eigenvalue weighted by molar-refractivity contribution is -0.134. The number of anilines is 1. The molecule has 0 aliphatic carbocycles. The molecule has 192 valence electrons. The average molecular weight is 510 g/mol. The molecule has 0 bridgehead atoms. The molecule has 0 amide bonds. The molecule has 7 N–H and O–H groups in total. The number of nitrogens with zero attached hydrogens (tertiary/aromatic N) is 4. The molecule has 37 heavy (non-hydrogen) atoms. The van der Waals surface area contributed by atoms with Gasteiger partial charge in [0.25, 0.3) is 11.9 Å². The fraction of sp³-hybridized carbons (Fsp3) is 0.130. The van der Waals surface area contributed by atoms with Gasteiger partial charge in [0, 0.05) is 42.2 Å². The molecular weight excluding hydrogens is 487 g/mol. The molecule has 2 aromatic carbocycles. The van der Waals surface area contributed by atoms with Gasteiger partial charge in [0.2, 0.25) is 0 Å². The predicted molar refractivity (Wildman–Crippen MR) is 131 cm³/mol. The van der Waals surface area contributed by atoms with Crippen LogP contribution < -0.4 is 21.5 Å². The molecule has 0 aliphatic heterocycles. The smallest absolute Gasteiger partial charge is 0.350 e. The van der Waals surface area contributed by atoms with Crippen LogP contribution in [0.3, 0.4) is 0 Å². The summed E-state index contributed by atoms with van der Waals surface area (Å²) >= 11 is 0. The molecule has 1 unspecified atom stereocenters. The summed E-state index contributed by atoms with van der Waals surface area (Å²) < 4.78 is 21.1. The summed E-state index contributed by atoms with van der Waals surface area (Å²) in [4.78, 5) is 32.2. The number of rotatable bonds is 7. The van der Waals surface area contributed by atoms with Crippen LogP contribution in [-0.2, 0) is 4.79 Å². The van der Waals surface area contributed by atoms with Gasteiger partial charge in [0.15, 0.2) is 17.4 Å². The largest absolute Gasteiger partial charge is 0.505 e. The maximum absolute atomic E-state index is 15.0. The number of phenolic OH excluding ortho intramolecular Hbond substituents is 1. The summed E-state index contributed by atoms with van der Waals surface area (Å²) in [5.41, 5.74) is 5.84. The van der Waals surface area contributed by atoms with Gasteiger partial charge in [-0.2, -0.15) is 0 Å². The Morgan fingerprint density at radius 1 is 1.24 bits per heavy atom. The maximum atomic E-state index is 15.0. The van der Waals surface area contributed by atoms with Gasteiger partial charge in [0.05, 0.1) is 7.11 Å². The third-order valence-electron chi connectivity index (χ3n) is 4.76. The normalized spacial score (nSPS) is 11.1. The zero-order chi connectivity index (χ0) is 27.1. The van der Waals surface area contributed by atoms with E-state index in [1.807, 2.05) is 0 Å². The lowest BCUT2D eigenvalue weighted by atomic mass is 10.0. The summed E-state index contributed by atoms with van der Waals surface area (Å²) in [6, 6.07) is 9.55. The van der Waals surface area contributed by atoms with Crippen molar-refractivity contribution in [3.05, 3.63) is 88.1 Å². The number of H-pyrrole nitrogens is 1. The molecule has 4 aromatic rings. The van der Waals surface area contributed by atoms with Gasteiger partial charge in [-0.05, 0) is 36.4 Å². The number of benzene rings is 2. The number of hydrogen-bond donors (Lipinski definition) is 6. The minimum Gasteiger partial charge on any atom is -0.505 e. The highest BCUT2D eigenvalue weighted by Crippen LogP contribution is 2.34. The zero-order valence-electron chi connectivity index (χ0n) is 19.6. The van der Waals surface area contributed by atoms with Crippen LogP contribution in [0.5, 0.6) is 11.5 Å². The second-order valence-electron chi connectivity index (χ2n) is 7.41. The summed E-state index contributed by atoms with van der Waals surface area (Å²) in [6.45, 7) is 1.08. The first-order valence-corrected chi connectivity index (χ1v) is 10.5. The Hall–Kier alpha value is -5.27. The number of ether oxygens (including phenoxy) is 1. The van der Waals surface area contributed by atoms with Gasteiger partial charge < -0.3 is 26.0 Å². The topological polar surface area (TPSA) is 205 Å². The molecule has 0 fully saturated rings. The predicted octanol–water partition coefficient (Wildman–Crippen LogP) is 1.78. The standard InChI is InChI=1S/C21H19FN8O3.C2H4O2/c1-33-13-9-14(16(22)15(31)10-13)17(27-12-5-3-11(4-6-12)18(23)24)19-28-21(32)30(29-19)20-25-7-2-8-26-20;1-2(3)4/h2-10,17,27,31H,1H3,(H3,23,24)(H,28,29,32);1H3,(H,3,4). The van der Waals surface area contributed by atoms with Crippen LogP contribution >= 0.6 is 0 Å². The van der Waals surface area contributed by atoms with Crippen LogP contribution in [0, 0.1) is 11.2 Å². The van der Waals surface area contributed by atoms with Crippen LogP contribution in [-0.4, -0.2) is 53.9 Å². The van der Waals surface area contributed by atoms with Crippen LogP contribution in [0.25, 0.3) is 5.95 Å². The Morgan fingerprint density at radius 2 is 1.86 bits per heavy atom. The lowest BCUT2D eigenvalue weighted by Gasteiger charge is -2.20. The Kier molecular flexibility index (Phi) is 8.14. The molecule has 0 radical (unpaired) electrons. The number of carbonyl (C=O) groups is 1. The Labute approximate surface area is 208 Å². The highest BCUT2D eigenvalue weighted by atomic mass is 19.1. The Bertz CT molecular complexity index is 1450. The van der Waals surface area contributed by atoms with E-state index in [-0.39, 0.29) is 28.9 Å². The van der Waals surface area contributed by atoms with Crippen LogP contribution in [0.15, 0.2) is 59.7 Å². The molecule has 14 heteroatoms. The number of carboxylic acid groups (broad SMARTS) is 1. The second-order valence-corrected chi connectivity index (χ2v) is 7.41. The summed E-state index contributed by atoms with van der Waals surface area (Å²) in [5, 5.41) is 32.3. The molecule has 0 spiro atoms. The van der Waals surface area contributed by atoms with Crippen molar-refractivity contribution < 1.29 is 24.1 Å². The van der Waals surface area contributed by atoms with E-state index >= 15 is 4.39 Å². The number of phenols is 1. The van der Waals surface area contributed by atoms with E-state index in [1.165, 1.54) is 25.6 Å². The number of aromatic nitrogens is 5. The minimum absolute atomic E-state index is 0.0302. The number of aromatic amines is 1. The molecule has 0 saturated heterocycles. The van der Waals surface area contributed by atoms with Gasteiger partial charge in [-0.25, -0.2) is 19.2 Å². The SMILES string of the molecule is CC(=O)O.COc1cc(O)c(F)c(C(Nc2ccc(C(=N)N)cc2)c2nn(-c3ncccn3)c(=O)[nH]2)c1. The molecule has 0 aliphatic rings. The fourth-order valence-electron chi connectivity index (χ4n) is 3.14. The van der Waals surface area contributed by atoms with Gasteiger partial charge in [-0.15, -0.1) is 9.78 Å². The Morgan fingerprint density at radius 3 is 2.43 bits per heavy atom. The van der Waals surface area contributed by atoms with E-state index in [0.717, 1.165) is 17.7 Å². The van der Waals surface area contributed by atoms with Crippen LogP contribution in [0.2, 0.25) is 0 Å². The molecule has 0 saturated carbocycles. The van der Waals surface area contributed by atoms with E-state index in [4.69, 9.17) is 25.8 Å². The number of hydrogen-bond acceptors (Lipinski definition) is 9. The molecule has 13 nitrogen and oxygen atoms in total. The lowest BCUT2D eigenvalue weighted by Crippen LogP contribution is -2.18. The first kappa shape index (κ1) is 26.3. The van der Waals surface area contributed by atoms with Crippen molar-refractivity contribution in [2.45, 2.75) is 13.0 Å². The summed E-state index contributed by atoms with van der Waals surface area (Å²) in [5.74, 6) is -2.21. The van der Waals surface area contributed by atoms with E-state index in [2.05, 4.69) is 25.4 Å². The molecule has 2 aromatic heterocycles. The van der Waals surface area contributed by atoms with Gasteiger partial charge in [-0.3, -0.25) is 15.2 Å². The van der Waals surface area contributed by atoms with Crippen molar-refractivity contribution in [3.8, 4) is 17.4 Å². The maximum Gasteiger partial charge on any atom is 0.350 e. The average Bonchev–Trinajstić information content (AvgIpc) is 3.26. The summed E-state index contributed by atoms with van der Waals surface area (Å²) in [6.07, 6.45) is 2.91. The monoisotopic (exact) mass is 510 g/mol. The van der Waals surface area contributed by atoms with Crippen LogP contribution in [0.4, 0.5) is 10.1 Å². The number of nitrogens with two attached hydrogens (primary N) is 1. The van der Waals surface area contributed by atoms with Crippen LogP contribution in [0.1, 0.15) is 29.9 Å². The highest BCUT2D eigenvalue weighted by molar-refractivity contribution is 5.95. The molecule has 2 heterocycles. The van der Waals surface area contributed by atoms with Crippen molar-refractivity contribution in [2.75, 3.05) is 12.4 Å². The van der Waals surface area contributed by atoms with Crippen molar-refractivity contribution in [2.24, 2.45) is 5.73 Å². The number of halogens is 1. The zero-order valence-corrected chi connectivity index (χ0v) is 19.6. The van der Waals surface area contributed by atoms with Gasteiger partial charge >= 0.3 is 5.69 Å². The highest BCUT2D eigenvalue weighted by Gasteiger charge is 2.26. The summed E-state index contributed by atoms with van der Waals surface area (Å²) in [7, 11) is 1.38. The first-order valence-electron chi connectivity index (χ1n) is 10.5. The van der Waals surface area contributed by atoms with E-state index in [1.54, 1.807) is 30.3 Å². The number of aromatic hydroxyl groups is 1. The van der Waals surface area contributed by atoms with Crippen molar-refractivity contribution in [1.29, 1.82) is 5.41 Å². The third-order valence-corrected chi connectivity index (χ3v) is 4.76. The van der Waals surface area contributed by atoms with E-state index in [9.17, 15) is 9.90 Å². The number of carboxylic acids is 1. The van der Waals surface area contributed by atoms with Gasteiger partial charge in [-0.1, -0.05) is 0 Å². The Balaban J connectivity index is 0.000000886. The minimum atomic E-state index is -1.05. The number of amidine groups is 1. The van der Waals surface area contributed by atoms with E-state index in [0.29, 0.717) is 11.3 Å². The number of methoxy groups -OCH3 is 1. The quantitative estimate of drug-likeness (QED) is 0.157. The molecule has 1 atom stereocenters. The number of nitrogen functional groups attached to an aromatic ring is 1.